The summed E-state index contributed by atoms with van der Waals surface area (Å²) >= 11 is 0. The van der Waals surface area contributed by atoms with Crippen LogP contribution in [0.1, 0.15) is 0 Å². The predicted octanol–water partition coefficient (Wildman–Crippen LogP) is 13.2. The third-order valence-electron chi connectivity index (χ3n) is 10.6. The summed E-state index contributed by atoms with van der Waals surface area (Å²) in [5, 5.41) is 9.95. The Morgan fingerprint density at radius 3 is 1.79 bits per heavy atom. The molecule has 56 heavy (non-hydrogen) atoms. The van der Waals surface area contributed by atoms with E-state index < -0.39 is 0 Å². The van der Waals surface area contributed by atoms with Crippen LogP contribution in [0.4, 0.5) is 0 Å². The molecule has 0 saturated carbocycles. The van der Waals surface area contributed by atoms with Crippen molar-refractivity contribution in [3.63, 3.8) is 0 Å². The number of fused-ring (bicyclic) bond motifs is 6. The number of furan rings is 1. The number of hydrogen-bond donors (Lipinski definition) is 0. The van der Waals surface area contributed by atoms with Crippen molar-refractivity contribution in [2.24, 2.45) is 0 Å². The van der Waals surface area contributed by atoms with Crippen molar-refractivity contribution in [1.82, 2.24) is 19.6 Å². The molecular weight excluding hydrogens is 685 g/mol. The zero-order chi connectivity index (χ0) is 37.0. The molecule has 5 nitrogen and oxygen atoms in total. The van der Waals surface area contributed by atoms with Gasteiger partial charge in [-0.3, -0.25) is 0 Å². The summed E-state index contributed by atoms with van der Waals surface area (Å²) in [7, 11) is 0. The monoisotopic (exact) mass is 716 g/mol. The zero-order valence-electron chi connectivity index (χ0n) is 30.2. The van der Waals surface area contributed by atoms with Gasteiger partial charge in [-0.25, -0.2) is 14.5 Å². The molecule has 0 atom stereocenters. The van der Waals surface area contributed by atoms with Gasteiger partial charge in [-0.2, -0.15) is 5.10 Å². The second kappa shape index (κ2) is 13.0. The number of rotatable bonds is 6. The van der Waals surface area contributed by atoms with E-state index in [0.717, 1.165) is 99.9 Å². The van der Waals surface area contributed by atoms with Gasteiger partial charge in [-0.05, 0) is 47.3 Å². The van der Waals surface area contributed by atoms with Gasteiger partial charge in [-0.15, -0.1) is 0 Å². The second-order valence-electron chi connectivity index (χ2n) is 14.1. The van der Waals surface area contributed by atoms with Crippen LogP contribution in [0.15, 0.2) is 199 Å². The number of pyridine rings is 1. The summed E-state index contributed by atoms with van der Waals surface area (Å²) in [6, 6.07) is 67.2. The maximum Gasteiger partial charge on any atom is 0.160 e. The minimum Gasteiger partial charge on any atom is -0.456 e. The van der Waals surface area contributed by atoms with Gasteiger partial charge in [-0.1, -0.05) is 158 Å². The molecule has 0 bridgehead atoms. The normalized spacial score (nSPS) is 11.6. The van der Waals surface area contributed by atoms with Gasteiger partial charge in [0.25, 0.3) is 0 Å². The molecule has 4 aromatic heterocycles. The lowest BCUT2D eigenvalue weighted by Crippen LogP contribution is -1.96. The summed E-state index contributed by atoms with van der Waals surface area (Å²) in [4.78, 5) is 10.4. The average molecular weight is 717 g/mol. The lowest BCUT2D eigenvalue weighted by Gasteiger charge is -2.11. The number of benzene rings is 7. The Bertz CT molecular complexity index is 3240. The van der Waals surface area contributed by atoms with Gasteiger partial charge in [0, 0.05) is 49.5 Å². The van der Waals surface area contributed by atoms with Crippen LogP contribution < -0.4 is 0 Å². The quantitative estimate of drug-likeness (QED) is 0.172. The van der Waals surface area contributed by atoms with Gasteiger partial charge < -0.3 is 4.42 Å². The number of nitrogens with zero attached hydrogens (tertiary/aromatic N) is 4. The summed E-state index contributed by atoms with van der Waals surface area (Å²) < 4.78 is 8.42. The Hall–Kier alpha value is -7.63. The highest BCUT2D eigenvalue weighted by atomic mass is 16.3. The minimum atomic E-state index is 0.633. The Kier molecular flexibility index (Phi) is 7.42. The maximum atomic E-state index is 6.29. The number of para-hydroxylation sites is 1. The van der Waals surface area contributed by atoms with Crippen LogP contribution in [0, 0.1) is 0 Å². The molecule has 0 aliphatic heterocycles. The van der Waals surface area contributed by atoms with Crippen LogP contribution in [0.2, 0.25) is 0 Å². The second-order valence-corrected chi connectivity index (χ2v) is 14.1. The molecule has 0 N–H and O–H groups in total. The SMILES string of the molecule is c1ccc(-c2cc(-c3ccc4c(c3)oc3ccccc34)nc(-c3cccc(-c4nn5c(-c6ccccc6)cc6ccccc6c5c4-c4ccccc4)c3)n2)cc1. The third kappa shape index (κ3) is 5.37. The smallest absolute Gasteiger partial charge is 0.160 e. The molecule has 11 aromatic rings. The maximum absolute atomic E-state index is 6.29. The average Bonchev–Trinajstić information content (AvgIpc) is 3.86. The standard InChI is InChI=1S/C51H32N4O/c1-4-15-33(16-5-1)43-32-44(37-27-28-42-41-25-12-13-26-46(41)56-47(42)31-37)53-51(52-43)39-23-14-22-38(29-39)49-48(35-19-8-3-9-20-35)50-40-24-11-10-21-36(40)30-45(55(50)54-49)34-17-6-2-7-18-34/h1-32H. The minimum absolute atomic E-state index is 0.633. The Morgan fingerprint density at radius 2 is 1.00 bits per heavy atom. The summed E-state index contributed by atoms with van der Waals surface area (Å²) in [5.41, 5.74) is 13.5. The fourth-order valence-electron chi connectivity index (χ4n) is 7.95. The summed E-state index contributed by atoms with van der Waals surface area (Å²) in [6.45, 7) is 0. The van der Waals surface area contributed by atoms with E-state index in [0.29, 0.717) is 5.82 Å². The molecule has 0 amide bonds. The van der Waals surface area contributed by atoms with Crippen LogP contribution in [0.3, 0.4) is 0 Å². The Balaban J connectivity index is 1.13. The van der Waals surface area contributed by atoms with Gasteiger partial charge in [0.2, 0.25) is 0 Å². The highest BCUT2D eigenvalue weighted by molar-refractivity contribution is 6.09. The first-order valence-corrected chi connectivity index (χ1v) is 18.8. The summed E-state index contributed by atoms with van der Waals surface area (Å²) in [6.07, 6.45) is 0. The lowest BCUT2D eigenvalue weighted by molar-refractivity contribution is 0.669. The van der Waals surface area contributed by atoms with Crippen molar-refractivity contribution in [3.05, 3.63) is 194 Å². The fourth-order valence-corrected chi connectivity index (χ4v) is 7.95. The number of hydrogen-bond acceptors (Lipinski definition) is 4. The molecule has 5 heteroatoms. The molecular formula is C51H32N4O. The molecule has 7 aromatic carbocycles. The molecule has 0 aliphatic carbocycles. The van der Waals surface area contributed by atoms with E-state index in [9.17, 15) is 0 Å². The van der Waals surface area contributed by atoms with Gasteiger partial charge in [0.05, 0.1) is 22.6 Å². The Labute approximate surface area is 322 Å². The van der Waals surface area contributed by atoms with Crippen LogP contribution in [-0.2, 0) is 0 Å². The van der Waals surface area contributed by atoms with E-state index in [-0.39, 0.29) is 0 Å². The summed E-state index contributed by atoms with van der Waals surface area (Å²) in [5.74, 6) is 0.633. The first-order chi connectivity index (χ1) is 27.7. The van der Waals surface area contributed by atoms with Crippen molar-refractivity contribution in [3.8, 4) is 67.5 Å². The first-order valence-electron chi connectivity index (χ1n) is 18.8. The van der Waals surface area contributed by atoms with E-state index in [1.807, 2.05) is 36.4 Å². The molecule has 0 aliphatic rings. The van der Waals surface area contributed by atoms with Crippen molar-refractivity contribution < 1.29 is 4.42 Å². The van der Waals surface area contributed by atoms with Crippen molar-refractivity contribution in [1.29, 1.82) is 0 Å². The predicted molar refractivity (Wildman–Crippen MR) is 228 cm³/mol. The van der Waals surface area contributed by atoms with E-state index in [1.54, 1.807) is 0 Å². The van der Waals surface area contributed by atoms with Crippen LogP contribution >= 0.6 is 0 Å². The highest BCUT2D eigenvalue weighted by Gasteiger charge is 2.22. The molecule has 4 heterocycles. The molecule has 262 valence electrons. The first kappa shape index (κ1) is 31.9. The molecule has 0 saturated heterocycles. The van der Waals surface area contributed by atoms with E-state index >= 15 is 0 Å². The van der Waals surface area contributed by atoms with Crippen molar-refractivity contribution in [2.45, 2.75) is 0 Å². The van der Waals surface area contributed by atoms with Crippen LogP contribution in [0.25, 0.3) is 106 Å². The Morgan fingerprint density at radius 1 is 0.393 bits per heavy atom. The third-order valence-corrected chi connectivity index (χ3v) is 10.6. The van der Waals surface area contributed by atoms with Crippen LogP contribution in [-0.4, -0.2) is 19.6 Å². The zero-order valence-corrected chi connectivity index (χ0v) is 30.2. The molecule has 0 unspecified atom stereocenters. The van der Waals surface area contributed by atoms with Gasteiger partial charge in [0.15, 0.2) is 5.82 Å². The van der Waals surface area contributed by atoms with Crippen molar-refractivity contribution >= 4 is 38.2 Å². The largest absolute Gasteiger partial charge is 0.456 e. The highest BCUT2D eigenvalue weighted by Crippen LogP contribution is 2.42. The molecule has 11 rings (SSSR count). The molecule has 0 spiro atoms. The van der Waals surface area contributed by atoms with E-state index in [2.05, 4.69) is 162 Å². The van der Waals surface area contributed by atoms with E-state index in [1.165, 1.54) is 0 Å². The molecule has 0 radical (unpaired) electrons. The lowest BCUT2D eigenvalue weighted by atomic mass is 9.96. The van der Waals surface area contributed by atoms with E-state index in [4.69, 9.17) is 19.5 Å². The topological polar surface area (TPSA) is 56.2 Å². The number of aromatic nitrogens is 4. The van der Waals surface area contributed by atoms with Crippen LogP contribution in [0.5, 0.6) is 0 Å². The molecule has 0 fully saturated rings. The van der Waals surface area contributed by atoms with Gasteiger partial charge in [0.1, 0.15) is 16.9 Å². The fraction of sp³-hybridized carbons (Fsp3) is 0. The van der Waals surface area contributed by atoms with Crippen molar-refractivity contribution in [2.75, 3.05) is 0 Å². The van der Waals surface area contributed by atoms with Gasteiger partial charge >= 0.3 is 0 Å².